The molecule has 0 bridgehead atoms. The molecule has 0 saturated carbocycles. The molecule has 1 aromatic rings. The molecule has 2 aliphatic heterocycles. The monoisotopic (exact) mass is 269 g/mol. The van der Waals surface area contributed by atoms with Crippen LogP contribution in [0.5, 0.6) is 11.5 Å². The normalized spacial score (nSPS) is 34.5. The zero-order chi connectivity index (χ0) is 13.6. The highest BCUT2D eigenvalue weighted by Gasteiger charge is 2.52. The molecule has 4 atom stereocenters. The molecule has 0 radical (unpaired) electrons. The lowest BCUT2D eigenvalue weighted by Crippen LogP contribution is -2.30. The maximum Gasteiger partial charge on any atom is 0.160 e. The Labute approximate surface area is 110 Å². The smallest absolute Gasteiger partial charge is 0.160 e. The third-order valence-corrected chi connectivity index (χ3v) is 3.87. The van der Waals surface area contributed by atoms with Crippen LogP contribution in [-0.2, 0) is 4.74 Å². The number of aromatic hydroxyl groups is 1. The van der Waals surface area contributed by atoms with Crippen LogP contribution in [0.3, 0.4) is 0 Å². The number of phenolic OH excluding ortho intramolecular Hbond substituents is 1. The summed E-state index contributed by atoms with van der Waals surface area (Å²) in [7, 11) is 1.46. The highest BCUT2D eigenvalue weighted by molar-refractivity contribution is 5.43. The van der Waals surface area contributed by atoms with Crippen LogP contribution in [0.4, 0.5) is 4.39 Å². The van der Waals surface area contributed by atoms with Crippen LogP contribution in [0.1, 0.15) is 11.6 Å². The Bertz CT molecular complexity index is 484. The van der Waals surface area contributed by atoms with Crippen LogP contribution < -0.4 is 4.74 Å². The van der Waals surface area contributed by atoms with Gasteiger partial charge in [-0.2, -0.15) is 0 Å². The molecule has 0 aliphatic carbocycles. The van der Waals surface area contributed by atoms with Gasteiger partial charge in [-0.25, -0.2) is 4.39 Å². The van der Waals surface area contributed by atoms with Gasteiger partial charge in [0.1, 0.15) is 19.0 Å². The van der Waals surface area contributed by atoms with Gasteiger partial charge in [-0.1, -0.05) is 6.07 Å². The topological polar surface area (TPSA) is 62.2 Å². The number of fused-ring (bicyclic) bond motifs is 1. The zero-order valence-electron chi connectivity index (χ0n) is 10.5. The molecule has 6 heteroatoms. The number of rotatable bonds is 2. The molecule has 0 unspecified atom stereocenters. The molecular formula is C13H16FNO4. The second-order valence-electron chi connectivity index (χ2n) is 4.89. The molecule has 2 saturated heterocycles. The number of aliphatic hydroxyl groups is 1. The first-order valence-electron chi connectivity index (χ1n) is 6.16. The van der Waals surface area contributed by atoms with Crippen molar-refractivity contribution in [2.75, 3.05) is 20.4 Å². The number of aliphatic hydroxyl groups excluding tert-OH is 1. The summed E-state index contributed by atoms with van der Waals surface area (Å²) in [5, 5.41) is 19.8. The van der Waals surface area contributed by atoms with Gasteiger partial charge in [0.25, 0.3) is 0 Å². The van der Waals surface area contributed by atoms with Crippen LogP contribution in [0.15, 0.2) is 18.2 Å². The maximum absolute atomic E-state index is 14.0. The highest BCUT2D eigenvalue weighted by atomic mass is 19.1. The highest BCUT2D eigenvalue weighted by Crippen LogP contribution is 2.42. The largest absolute Gasteiger partial charge is 0.504 e. The van der Waals surface area contributed by atoms with E-state index in [1.807, 2.05) is 0 Å². The molecule has 104 valence electrons. The van der Waals surface area contributed by atoms with E-state index in [1.54, 1.807) is 17.0 Å². The minimum atomic E-state index is -1.34. The predicted molar refractivity (Wildman–Crippen MR) is 64.7 cm³/mol. The fourth-order valence-corrected chi connectivity index (χ4v) is 2.91. The second kappa shape index (κ2) is 4.63. The van der Waals surface area contributed by atoms with E-state index >= 15 is 0 Å². The van der Waals surface area contributed by atoms with E-state index in [-0.39, 0.29) is 12.4 Å². The van der Waals surface area contributed by atoms with E-state index < -0.39 is 24.4 Å². The van der Waals surface area contributed by atoms with Crippen LogP contribution >= 0.6 is 0 Å². The summed E-state index contributed by atoms with van der Waals surface area (Å²) >= 11 is 0. The Morgan fingerprint density at radius 3 is 2.95 bits per heavy atom. The summed E-state index contributed by atoms with van der Waals surface area (Å²) in [6.45, 7) is 0.580. The third-order valence-electron chi connectivity index (χ3n) is 3.87. The lowest BCUT2D eigenvalue weighted by atomic mass is 10.0. The first-order valence-corrected chi connectivity index (χ1v) is 6.16. The van der Waals surface area contributed by atoms with Crippen molar-refractivity contribution in [1.82, 2.24) is 4.90 Å². The van der Waals surface area contributed by atoms with Gasteiger partial charge in [0.15, 0.2) is 11.5 Å². The number of ether oxygens (including phenoxy) is 2. The van der Waals surface area contributed by atoms with Gasteiger partial charge in [0, 0.05) is 0 Å². The molecule has 19 heavy (non-hydrogen) atoms. The zero-order valence-corrected chi connectivity index (χ0v) is 10.5. The van der Waals surface area contributed by atoms with Crippen molar-refractivity contribution in [1.29, 1.82) is 0 Å². The SMILES string of the molecule is COc1ccc([C@H]2[C@H](O)[C@@H](F)[C@@H]3COCN32)cc1O. The van der Waals surface area contributed by atoms with E-state index in [1.165, 1.54) is 13.2 Å². The van der Waals surface area contributed by atoms with Gasteiger partial charge in [-0.05, 0) is 17.7 Å². The Morgan fingerprint density at radius 1 is 1.47 bits per heavy atom. The van der Waals surface area contributed by atoms with Gasteiger partial charge in [0.05, 0.1) is 25.8 Å². The lowest BCUT2D eigenvalue weighted by molar-refractivity contribution is 0.0406. The fraction of sp³-hybridized carbons (Fsp3) is 0.538. The second-order valence-corrected chi connectivity index (χ2v) is 4.89. The van der Waals surface area contributed by atoms with Crippen molar-refractivity contribution in [3.05, 3.63) is 23.8 Å². The first kappa shape index (κ1) is 12.7. The number of phenols is 1. The first-order chi connectivity index (χ1) is 9.13. The van der Waals surface area contributed by atoms with Crippen molar-refractivity contribution in [3.63, 3.8) is 0 Å². The van der Waals surface area contributed by atoms with Crippen LogP contribution in [0.25, 0.3) is 0 Å². The van der Waals surface area contributed by atoms with Gasteiger partial charge in [-0.3, -0.25) is 4.90 Å². The van der Waals surface area contributed by atoms with Gasteiger partial charge < -0.3 is 19.7 Å². The Balaban J connectivity index is 1.94. The van der Waals surface area contributed by atoms with Crippen LogP contribution in [0.2, 0.25) is 0 Å². The minimum Gasteiger partial charge on any atom is -0.504 e. The van der Waals surface area contributed by atoms with Crippen LogP contribution in [-0.4, -0.2) is 53.9 Å². The van der Waals surface area contributed by atoms with Crippen molar-refractivity contribution >= 4 is 0 Å². The summed E-state index contributed by atoms with van der Waals surface area (Å²) < 4.78 is 24.2. The van der Waals surface area contributed by atoms with Crippen LogP contribution in [0, 0.1) is 0 Å². The average molecular weight is 269 g/mol. The molecule has 2 N–H and O–H groups in total. The van der Waals surface area contributed by atoms with E-state index in [4.69, 9.17) is 9.47 Å². The van der Waals surface area contributed by atoms with Crippen molar-refractivity contribution in [2.24, 2.45) is 0 Å². The van der Waals surface area contributed by atoms with E-state index in [2.05, 4.69) is 0 Å². The fourth-order valence-electron chi connectivity index (χ4n) is 2.91. The number of halogens is 1. The number of nitrogens with zero attached hydrogens (tertiary/aromatic N) is 1. The number of methoxy groups -OCH3 is 1. The van der Waals surface area contributed by atoms with Gasteiger partial charge in [0.2, 0.25) is 0 Å². The maximum atomic E-state index is 14.0. The molecule has 0 spiro atoms. The van der Waals surface area contributed by atoms with E-state index in [0.29, 0.717) is 18.0 Å². The predicted octanol–water partition coefficient (Wildman–Crippen LogP) is 0.813. The number of hydrogen-bond acceptors (Lipinski definition) is 5. The molecular weight excluding hydrogens is 253 g/mol. The summed E-state index contributed by atoms with van der Waals surface area (Å²) in [5.41, 5.74) is 0.654. The van der Waals surface area contributed by atoms with Crippen molar-refractivity contribution in [3.8, 4) is 11.5 Å². The Hall–Kier alpha value is -1.37. The van der Waals surface area contributed by atoms with Gasteiger partial charge in [-0.15, -0.1) is 0 Å². The van der Waals surface area contributed by atoms with E-state index in [0.717, 1.165) is 0 Å². The molecule has 0 aromatic heterocycles. The average Bonchev–Trinajstić information content (AvgIpc) is 2.94. The molecule has 5 nitrogen and oxygen atoms in total. The van der Waals surface area contributed by atoms with Gasteiger partial charge >= 0.3 is 0 Å². The Kier molecular flexibility index (Phi) is 3.08. The molecule has 0 amide bonds. The third kappa shape index (κ3) is 1.87. The lowest BCUT2D eigenvalue weighted by Gasteiger charge is -2.24. The molecule has 2 fully saturated rings. The van der Waals surface area contributed by atoms with Crippen molar-refractivity contribution < 1.29 is 24.1 Å². The number of benzene rings is 1. The molecule has 3 rings (SSSR count). The van der Waals surface area contributed by atoms with E-state index in [9.17, 15) is 14.6 Å². The molecule has 2 heterocycles. The number of alkyl halides is 1. The summed E-state index contributed by atoms with van der Waals surface area (Å²) in [5.74, 6) is 0.327. The standard InChI is InChI=1S/C13H16FNO4/c1-18-10-3-2-7(4-9(10)16)12-13(17)11(14)8-5-19-6-15(8)12/h2-4,8,11-13,16-17H,5-6H2,1H3/t8-,11-,12-,13+/m0/s1. The summed E-state index contributed by atoms with van der Waals surface area (Å²) in [4.78, 5) is 1.79. The van der Waals surface area contributed by atoms with Crippen molar-refractivity contribution in [2.45, 2.75) is 24.4 Å². The quantitative estimate of drug-likeness (QED) is 0.832. The molecule has 2 aliphatic rings. The Morgan fingerprint density at radius 2 is 2.26 bits per heavy atom. The minimum absolute atomic E-state index is 0.0221. The summed E-state index contributed by atoms with van der Waals surface area (Å²) in [6.07, 6.45) is -2.45. The number of hydrogen-bond donors (Lipinski definition) is 2. The molecule has 1 aromatic carbocycles. The summed E-state index contributed by atoms with van der Waals surface area (Å²) in [6, 6.07) is 3.91.